The molecule has 8 heteroatoms. The van der Waals surface area contributed by atoms with Gasteiger partial charge in [-0.05, 0) is 35.4 Å². The molecule has 1 amide bonds. The molecule has 2 aliphatic rings. The maximum atomic E-state index is 12.6. The highest BCUT2D eigenvalue weighted by molar-refractivity contribution is 7.90. The third-order valence-corrected chi connectivity index (χ3v) is 6.85. The Morgan fingerprint density at radius 3 is 2.27 bits per heavy atom. The normalized spacial score (nSPS) is 22.2. The molecule has 2 fully saturated rings. The van der Waals surface area contributed by atoms with Gasteiger partial charge in [0.15, 0.2) is 9.84 Å². The van der Waals surface area contributed by atoms with Gasteiger partial charge in [0.2, 0.25) is 5.91 Å². The number of hydrogen-bond donors (Lipinski definition) is 0. The van der Waals surface area contributed by atoms with Crippen LogP contribution in [0, 0.1) is 0 Å². The summed E-state index contributed by atoms with van der Waals surface area (Å²) in [5.41, 5.74) is 2.09. The van der Waals surface area contributed by atoms with E-state index in [9.17, 15) is 13.2 Å². The molecule has 2 aliphatic heterocycles. The molecule has 2 heterocycles. The van der Waals surface area contributed by atoms with E-state index in [1.54, 1.807) is 19.2 Å². The Kier molecular flexibility index (Phi) is 5.81. The quantitative estimate of drug-likeness (QED) is 0.695. The molecule has 0 saturated carbocycles. The van der Waals surface area contributed by atoms with Crippen molar-refractivity contribution in [1.29, 1.82) is 0 Å². The van der Waals surface area contributed by atoms with Gasteiger partial charge in [-0.25, -0.2) is 8.42 Å². The number of likely N-dealkylation sites (tertiary alicyclic amines) is 1. The molecule has 0 radical (unpaired) electrons. The van der Waals surface area contributed by atoms with Crippen LogP contribution in [0.4, 0.5) is 0 Å². The number of fused-ring (bicyclic) bond motifs is 1. The number of ether oxygens (including phenoxy) is 2. The Hall–Kier alpha value is -2.42. The van der Waals surface area contributed by atoms with Gasteiger partial charge in [0.25, 0.3) is 0 Å². The first-order valence-electron chi connectivity index (χ1n) is 9.89. The second-order valence-corrected chi connectivity index (χ2v) is 9.91. The molecule has 0 bridgehead atoms. The average molecular weight is 431 g/mol. The SMILES string of the molecule is COc1ccc(CN2C(=O)CO[C@H]3CN(Cc4ccc(S(C)(=O)=O)cc4)C[C@H]32)cc1. The number of morpholine rings is 1. The zero-order valence-electron chi connectivity index (χ0n) is 17.2. The lowest BCUT2D eigenvalue weighted by Crippen LogP contribution is -2.53. The Bertz CT molecular complexity index is 1000. The van der Waals surface area contributed by atoms with E-state index in [1.165, 1.54) is 6.26 Å². The maximum Gasteiger partial charge on any atom is 0.249 e. The molecule has 160 valence electrons. The summed E-state index contributed by atoms with van der Waals surface area (Å²) in [7, 11) is -1.57. The molecule has 2 atom stereocenters. The first kappa shape index (κ1) is 20.8. The number of nitrogens with zero attached hydrogens (tertiary/aromatic N) is 2. The monoisotopic (exact) mass is 430 g/mol. The summed E-state index contributed by atoms with van der Waals surface area (Å²) in [5, 5.41) is 0. The van der Waals surface area contributed by atoms with Gasteiger partial charge in [-0.1, -0.05) is 24.3 Å². The minimum absolute atomic E-state index is 0.00337. The summed E-state index contributed by atoms with van der Waals surface area (Å²) >= 11 is 0. The van der Waals surface area contributed by atoms with Crippen molar-refractivity contribution < 1.29 is 22.7 Å². The second-order valence-electron chi connectivity index (χ2n) is 7.90. The average Bonchev–Trinajstić information content (AvgIpc) is 3.13. The number of benzene rings is 2. The fourth-order valence-corrected chi connectivity index (χ4v) is 4.73. The van der Waals surface area contributed by atoms with Gasteiger partial charge >= 0.3 is 0 Å². The predicted octanol–water partition coefficient (Wildman–Crippen LogP) is 1.71. The molecule has 30 heavy (non-hydrogen) atoms. The lowest BCUT2D eigenvalue weighted by Gasteiger charge is -2.36. The van der Waals surface area contributed by atoms with Crippen molar-refractivity contribution in [3.05, 3.63) is 59.7 Å². The highest BCUT2D eigenvalue weighted by atomic mass is 32.2. The van der Waals surface area contributed by atoms with Crippen molar-refractivity contribution in [2.75, 3.05) is 33.1 Å². The van der Waals surface area contributed by atoms with Crippen LogP contribution < -0.4 is 4.74 Å². The molecule has 0 aromatic heterocycles. The van der Waals surface area contributed by atoms with Crippen LogP contribution in [-0.2, 0) is 32.5 Å². The predicted molar refractivity (Wildman–Crippen MR) is 112 cm³/mol. The molecule has 4 rings (SSSR count). The molecule has 0 aliphatic carbocycles. The van der Waals surface area contributed by atoms with Gasteiger partial charge in [0, 0.05) is 32.4 Å². The van der Waals surface area contributed by atoms with Crippen LogP contribution in [0.1, 0.15) is 11.1 Å². The standard InChI is InChI=1S/C22H26N2O5S/c1-28-18-7-3-17(4-8-18)12-24-20-13-23(14-21(20)29-15-22(24)25)11-16-5-9-19(10-6-16)30(2,26)27/h3-10,20-21H,11-15H2,1-2H3/t20-,21+/m1/s1. The van der Waals surface area contributed by atoms with Gasteiger partial charge in [0.05, 0.1) is 24.2 Å². The zero-order chi connectivity index (χ0) is 21.3. The van der Waals surface area contributed by atoms with E-state index >= 15 is 0 Å². The summed E-state index contributed by atoms with van der Waals surface area (Å²) < 4.78 is 34.3. The summed E-state index contributed by atoms with van der Waals surface area (Å²) in [6, 6.07) is 14.7. The van der Waals surface area contributed by atoms with E-state index in [0.717, 1.165) is 30.0 Å². The van der Waals surface area contributed by atoms with Gasteiger partial charge < -0.3 is 14.4 Å². The summed E-state index contributed by atoms with van der Waals surface area (Å²) in [6.45, 7) is 2.80. The maximum absolute atomic E-state index is 12.6. The molecular weight excluding hydrogens is 404 g/mol. The molecule has 0 N–H and O–H groups in total. The Morgan fingerprint density at radius 1 is 1.00 bits per heavy atom. The lowest BCUT2D eigenvalue weighted by atomic mass is 10.1. The number of carbonyl (C=O) groups excluding carboxylic acids is 1. The number of hydrogen-bond acceptors (Lipinski definition) is 6. The highest BCUT2D eigenvalue weighted by Gasteiger charge is 2.42. The van der Waals surface area contributed by atoms with Crippen LogP contribution in [0.25, 0.3) is 0 Å². The van der Waals surface area contributed by atoms with E-state index in [4.69, 9.17) is 9.47 Å². The van der Waals surface area contributed by atoms with Gasteiger partial charge in [0.1, 0.15) is 12.4 Å². The number of methoxy groups -OCH3 is 1. The number of amides is 1. The summed E-state index contributed by atoms with van der Waals surface area (Å²) in [4.78, 5) is 17.1. The minimum atomic E-state index is -3.20. The fourth-order valence-electron chi connectivity index (χ4n) is 4.10. The number of carbonyl (C=O) groups is 1. The van der Waals surface area contributed by atoms with Crippen molar-refractivity contribution >= 4 is 15.7 Å². The van der Waals surface area contributed by atoms with Crippen LogP contribution in [0.2, 0.25) is 0 Å². The number of sulfone groups is 1. The molecule has 2 saturated heterocycles. The lowest BCUT2D eigenvalue weighted by molar-refractivity contribution is -0.153. The van der Waals surface area contributed by atoms with E-state index in [-0.39, 0.29) is 24.7 Å². The molecule has 7 nitrogen and oxygen atoms in total. The van der Waals surface area contributed by atoms with Crippen molar-refractivity contribution in [1.82, 2.24) is 9.80 Å². The van der Waals surface area contributed by atoms with E-state index in [0.29, 0.717) is 18.0 Å². The topological polar surface area (TPSA) is 76.2 Å². The molecule has 2 aromatic rings. The van der Waals surface area contributed by atoms with Crippen molar-refractivity contribution in [2.24, 2.45) is 0 Å². The van der Waals surface area contributed by atoms with Crippen LogP contribution in [0.15, 0.2) is 53.4 Å². The summed E-state index contributed by atoms with van der Waals surface area (Å²) in [5.74, 6) is 0.797. The highest BCUT2D eigenvalue weighted by Crippen LogP contribution is 2.27. The van der Waals surface area contributed by atoms with Gasteiger partial charge in [-0.15, -0.1) is 0 Å². The van der Waals surface area contributed by atoms with E-state index < -0.39 is 9.84 Å². The van der Waals surface area contributed by atoms with Crippen LogP contribution in [-0.4, -0.2) is 69.3 Å². The van der Waals surface area contributed by atoms with Crippen molar-refractivity contribution in [3.8, 4) is 5.75 Å². The second kappa shape index (κ2) is 8.37. The minimum Gasteiger partial charge on any atom is -0.497 e. The van der Waals surface area contributed by atoms with Gasteiger partial charge in [-0.3, -0.25) is 9.69 Å². The molecular formula is C22H26N2O5S. The Balaban J connectivity index is 1.43. The van der Waals surface area contributed by atoms with Crippen LogP contribution >= 0.6 is 0 Å². The fraction of sp³-hybridized carbons (Fsp3) is 0.409. The molecule has 0 unspecified atom stereocenters. The van der Waals surface area contributed by atoms with Gasteiger partial charge in [-0.2, -0.15) is 0 Å². The number of rotatable bonds is 6. The Labute approximate surface area is 177 Å². The van der Waals surface area contributed by atoms with Crippen molar-refractivity contribution in [2.45, 2.75) is 30.1 Å². The smallest absolute Gasteiger partial charge is 0.249 e. The van der Waals surface area contributed by atoms with Crippen LogP contribution in [0.3, 0.4) is 0 Å². The summed E-state index contributed by atoms with van der Waals surface area (Å²) in [6.07, 6.45) is 1.19. The third-order valence-electron chi connectivity index (χ3n) is 5.72. The molecule has 0 spiro atoms. The first-order chi connectivity index (χ1) is 14.3. The van der Waals surface area contributed by atoms with E-state index in [1.807, 2.05) is 41.3 Å². The first-order valence-corrected chi connectivity index (χ1v) is 11.8. The van der Waals surface area contributed by atoms with Crippen molar-refractivity contribution in [3.63, 3.8) is 0 Å². The molecule has 2 aromatic carbocycles. The Morgan fingerprint density at radius 2 is 1.63 bits per heavy atom. The van der Waals surface area contributed by atoms with Crippen LogP contribution in [0.5, 0.6) is 5.75 Å². The third kappa shape index (κ3) is 4.50. The zero-order valence-corrected chi connectivity index (χ0v) is 18.0. The largest absolute Gasteiger partial charge is 0.497 e. The van der Waals surface area contributed by atoms with E-state index in [2.05, 4.69) is 4.90 Å².